The van der Waals surface area contributed by atoms with Gasteiger partial charge in [0, 0.05) is 24.4 Å². The van der Waals surface area contributed by atoms with Crippen LogP contribution in [0.25, 0.3) is 0 Å². The molecule has 2 rings (SSSR count). The summed E-state index contributed by atoms with van der Waals surface area (Å²) in [6, 6.07) is 7.88. The zero-order valence-corrected chi connectivity index (χ0v) is 12.4. The van der Waals surface area contributed by atoms with Gasteiger partial charge in [0.1, 0.15) is 0 Å². The van der Waals surface area contributed by atoms with E-state index in [1.807, 2.05) is 24.3 Å². The molecule has 1 aliphatic carbocycles. The Bertz CT molecular complexity index is 522. The molecule has 1 amide bonds. The van der Waals surface area contributed by atoms with Gasteiger partial charge >= 0.3 is 0 Å². The fourth-order valence-electron chi connectivity index (χ4n) is 2.68. The summed E-state index contributed by atoms with van der Waals surface area (Å²) in [7, 11) is 0. The number of hydrogen-bond donors (Lipinski definition) is 2. The standard InChI is InChI=1S/C18H23NO2/c20-12-5-4-7-15-8-6-9-16(13-15)14-19-18(21)17-10-2-1-3-11-17/h6,8-9,13,17,20H,1-3,5,10-12,14H2,(H,19,21). The molecule has 1 aliphatic rings. The average Bonchev–Trinajstić information content (AvgIpc) is 2.54. The molecular weight excluding hydrogens is 262 g/mol. The summed E-state index contributed by atoms with van der Waals surface area (Å²) >= 11 is 0. The van der Waals surface area contributed by atoms with Crippen molar-refractivity contribution in [3.05, 3.63) is 35.4 Å². The number of benzene rings is 1. The van der Waals surface area contributed by atoms with Crippen LogP contribution in [0.2, 0.25) is 0 Å². The van der Waals surface area contributed by atoms with Crippen LogP contribution < -0.4 is 5.32 Å². The molecule has 0 spiro atoms. The van der Waals surface area contributed by atoms with E-state index >= 15 is 0 Å². The topological polar surface area (TPSA) is 49.3 Å². The largest absolute Gasteiger partial charge is 0.395 e. The fraction of sp³-hybridized carbons (Fsp3) is 0.500. The van der Waals surface area contributed by atoms with Crippen LogP contribution in [0.4, 0.5) is 0 Å². The van der Waals surface area contributed by atoms with Gasteiger partial charge in [-0.1, -0.05) is 43.2 Å². The molecule has 0 heterocycles. The van der Waals surface area contributed by atoms with Crippen LogP contribution in [0, 0.1) is 17.8 Å². The van der Waals surface area contributed by atoms with Crippen LogP contribution in [0.3, 0.4) is 0 Å². The third-order valence-corrected chi connectivity index (χ3v) is 3.84. The summed E-state index contributed by atoms with van der Waals surface area (Å²) < 4.78 is 0. The van der Waals surface area contributed by atoms with Gasteiger partial charge in [-0.25, -0.2) is 0 Å². The minimum Gasteiger partial charge on any atom is -0.395 e. The predicted octanol–water partition coefficient (Wildman–Crippen LogP) is 2.62. The minimum absolute atomic E-state index is 0.0874. The van der Waals surface area contributed by atoms with Gasteiger partial charge in [0.2, 0.25) is 5.91 Å². The van der Waals surface area contributed by atoms with E-state index in [4.69, 9.17) is 5.11 Å². The maximum atomic E-state index is 12.1. The molecule has 0 aromatic heterocycles. The number of amides is 1. The predicted molar refractivity (Wildman–Crippen MR) is 83.4 cm³/mol. The van der Waals surface area contributed by atoms with Gasteiger partial charge in [0.25, 0.3) is 0 Å². The van der Waals surface area contributed by atoms with Gasteiger partial charge in [-0.3, -0.25) is 4.79 Å². The van der Waals surface area contributed by atoms with Crippen molar-refractivity contribution in [2.24, 2.45) is 5.92 Å². The molecule has 0 saturated heterocycles. The molecule has 0 atom stereocenters. The highest BCUT2D eigenvalue weighted by atomic mass is 16.2. The lowest BCUT2D eigenvalue weighted by Crippen LogP contribution is -2.31. The molecular formula is C18H23NO2. The minimum atomic E-state index is 0.0874. The second-order valence-electron chi connectivity index (χ2n) is 5.53. The highest BCUT2D eigenvalue weighted by Crippen LogP contribution is 2.23. The van der Waals surface area contributed by atoms with Crippen molar-refractivity contribution in [1.29, 1.82) is 0 Å². The normalized spacial score (nSPS) is 15.1. The molecule has 0 radical (unpaired) electrons. The number of aliphatic hydroxyl groups is 1. The monoisotopic (exact) mass is 285 g/mol. The highest BCUT2D eigenvalue weighted by Gasteiger charge is 2.20. The first-order valence-corrected chi connectivity index (χ1v) is 7.76. The number of aliphatic hydroxyl groups excluding tert-OH is 1. The van der Waals surface area contributed by atoms with Crippen LogP contribution >= 0.6 is 0 Å². The fourth-order valence-corrected chi connectivity index (χ4v) is 2.68. The Labute approximate surface area is 126 Å². The summed E-state index contributed by atoms with van der Waals surface area (Å²) in [5, 5.41) is 11.8. The summed E-state index contributed by atoms with van der Waals surface area (Å²) in [6.07, 6.45) is 6.15. The Kier molecular flexibility index (Phi) is 6.30. The third-order valence-electron chi connectivity index (χ3n) is 3.84. The van der Waals surface area contributed by atoms with E-state index < -0.39 is 0 Å². The molecule has 0 aliphatic heterocycles. The SMILES string of the molecule is O=C(NCc1cccc(C#CCCO)c1)C1CCCCC1. The zero-order chi connectivity index (χ0) is 14.9. The Morgan fingerprint density at radius 3 is 2.86 bits per heavy atom. The number of hydrogen-bond acceptors (Lipinski definition) is 2. The Hall–Kier alpha value is -1.79. The lowest BCUT2D eigenvalue weighted by atomic mass is 9.88. The van der Waals surface area contributed by atoms with Gasteiger partial charge < -0.3 is 10.4 Å². The third kappa shape index (κ3) is 5.24. The van der Waals surface area contributed by atoms with E-state index in [1.165, 1.54) is 19.3 Å². The van der Waals surface area contributed by atoms with E-state index in [-0.39, 0.29) is 18.4 Å². The van der Waals surface area contributed by atoms with Crippen molar-refractivity contribution in [1.82, 2.24) is 5.32 Å². The second-order valence-corrected chi connectivity index (χ2v) is 5.53. The Morgan fingerprint density at radius 1 is 1.29 bits per heavy atom. The molecule has 3 nitrogen and oxygen atoms in total. The number of carbonyl (C=O) groups is 1. The van der Waals surface area contributed by atoms with E-state index in [0.29, 0.717) is 13.0 Å². The van der Waals surface area contributed by atoms with Gasteiger partial charge in [0.05, 0.1) is 6.61 Å². The second kappa shape index (κ2) is 8.49. The van der Waals surface area contributed by atoms with Crippen molar-refractivity contribution in [2.45, 2.75) is 45.1 Å². The van der Waals surface area contributed by atoms with Crippen LogP contribution in [0.15, 0.2) is 24.3 Å². The van der Waals surface area contributed by atoms with Crippen molar-refractivity contribution >= 4 is 5.91 Å². The zero-order valence-electron chi connectivity index (χ0n) is 12.4. The van der Waals surface area contributed by atoms with Crippen LogP contribution in [0.1, 0.15) is 49.7 Å². The summed E-state index contributed by atoms with van der Waals surface area (Å²) in [4.78, 5) is 12.1. The molecule has 0 bridgehead atoms. The molecule has 1 saturated carbocycles. The van der Waals surface area contributed by atoms with E-state index in [9.17, 15) is 4.79 Å². The molecule has 1 aromatic rings. The molecule has 3 heteroatoms. The first-order valence-electron chi connectivity index (χ1n) is 7.76. The molecule has 1 fully saturated rings. The van der Waals surface area contributed by atoms with E-state index in [2.05, 4.69) is 17.2 Å². The van der Waals surface area contributed by atoms with Crippen molar-refractivity contribution in [3.63, 3.8) is 0 Å². The van der Waals surface area contributed by atoms with Crippen molar-refractivity contribution in [3.8, 4) is 11.8 Å². The Balaban J connectivity index is 1.86. The number of carbonyl (C=O) groups excluding carboxylic acids is 1. The average molecular weight is 285 g/mol. The smallest absolute Gasteiger partial charge is 0.223 e. The lowest BCUT2D eigenvalue weighted by molar-refractivity contribution is -0.126. The van der Waals surface area contributed by atoms with Gasteiger partial charge in [-0.2, -0.15) is 0 Å². The van der Waals surface area contributed by atoms with E-state index in [0.717, 1.165) is 24.0 Å². The number of nitrogens with one attached hydrogen (secondary N) is 1. The quantitative estimate of drug-likeness (QED) is 0.836. The first kappa shape index (κ1) is 15.6. The Morgan fingerprint density at radius 2 is 2.10 bits per heavy atom. The highest BCUT2D eigenvalue weighted by molar-refractivity contribution is 5.78. The van der Waals surface area contributed by atoms with Crippen molar-refractivity contribution in [2.75, 3.05) is 6.61 Å². The van der Waals surface area contributed by atoms with E-state index in [1.54, 1.807) is 0 Å². The maximum Gasteiger partial charge on any atom is 0.223 e. The molecule has 21 heavy (non-hydrogen) atoms. The summed E-state index contributed by atoms with van der Waals surface area (Å²) in [5.74, 6) is 6.31. The first-order chi connectivity index (χ1) is 10.3. The summed E-state index contributed by atoms with van der Waals surface area (Å²) in [6.45, 7) is 0.648. The lowest BCUT2D eigenvalue weighted by Gasteiger charge is -2.20. The van der Waals surface area contributed by atoms with Crippen LogP contribution in [-0.4, -0.2) is 17.6 Å². The summed E-state index contributed by atoms with van der Waals surface area (Å²) in [5.41, 5.74) is 1.99. The van der Waals surface area contributed by atoms with Gasteiger partial charge in [0.15, 0.2) is 0 Å². The molecule has 2 N–H and O–H groups in total. The molecule has 0 unspecified atom stereocenters. The number of rotatable bonds is 4. The van der Waals surface area contributed by atoms with Crippen molar-refractivity contribution < 1.29 is 9.90 Å². The molecule has 112 valence electrons. The maximum absolute atomic E-state index is 12.1. The van der Waals surface area contributed by atoms with Gasteiger partial charge in [-0.15, -0.1) is 0 Å². The van der Waals surface area contributed by atoms with Crippen LogP contribution in [0.5, 0.6) is 0 Å². The van der Waals surface area contributed by atoms with Gasteiger partial charge in [-0.05, 0) is 30.5 Å². The molecule has 1 aromatic carbocycles. The van der Waals surface area contributed by atoms with Crippen LogP contribution in [-0.2, 0) is 11.3 Å².